The second kappa shape index (κ2) is 16.3. The van der Waals surface area contributed by atoms with Crippen molar-refractivity contribution < 1.29 is 0 Å². The molecule has 10 aromatic rings. The van der Waals surface area contributed by atoms with Gasteiger partial charge in [-0.3, -0.25) is 0 Å². The number of hydrogen-bond acceptors (Lipinski definition) is 0. The van der Waals surface area contributed by atoms with Crippen molar-refractivity contribution in [1.29, 1.82) is 0 Å². The summed E-state index contributed by atoms with van der Waals surface area (Å²) >= 11 is 0. The highest BCUT2D eigenvalue weighted by Crippen LogP contribution is 2.64. The lowest BCUT2D eigenvalue weighted by Gasteiger charge is -2.43. The summed E-state index contributed by atoms with van der Waals surface area (Å²) in [6.07, 6.45) is 8.61. The number of rotatable bonds is 3. The minimum absolute atomic E-state index is 0.195. The van der Waals surface area contributed by atoms with Gasteiger partial charge in [-0.2, -0.15) is 0 Å². The zero-order valence-corrected chi connectivity index (χ0v) is 36.7. The third-order valence-electron chi connectivity index (χ3n) is 13.9. The molecule has 0 saturated carbocycles. The number of aromatic nitrogens is 1. The molecule has 9 aromatic carbocycles. The van der Waals surface area contributed by atoms with Crippen molar-refractivity contribution in [3.8, 4) is 16.8 Å². The molecule has 13 rings (SSSR count). The summed E-state index contributed by atoms with van der Waals surface area (Å²) in [5.74, 6) is 0.460. The molecular formula is C63H51N. The Morgan fingerprint density at radius 2 is 1.11 bits per heavy atom. The van der Waals surface area contributed by atoms with Crippen LogP contribution < -0.4 is 0 Å². The van der Waals surface area contributed by atoms with Crippen molar-refractivity contribution in [1.82, 2.24) is 4.57 Å². The molecule has 3 unspecified atom stereocenters. The first-order chi connectivity index (χ1) is 31.6. The molecule has 308 valence electrons. The Morgan fingerprint density at radius 3 is 1.83 bits per heavy atom. The third kappa shape index (κ3) is 6.37. The molecule has 0 N–H and O–H groups in total. The summed E-state index contributed by atoms with van der Waals surface area (Å²) in [5.41, 5.74) is 18.4. The minimum Gasteiger partial charge on any atom is -0.309 e. The standard InChI is InChI=1S/C49H35N.2C7H8/c1-2-31-22-24-33(25-23-31)47-35-13-4-3-12-32(35)26-28-36(47)34-27-29-38-37-14-5-7-17-41(37)49(44(38)30-34)42-18-8-10-21-46(42)50-45-20-9-6-15-39(45)40-16-11-19-43(49)48(40)50;2*1-7-5-3-2-4-6-7/h3-30,38,44H,2H2,1H3;2*2-6H,1H3. The van der Waals surface area contributed by atoms with Crippen molar-refractivity contribution in [3.63, 3.8) is 0 Å². The summed E-state index contributed by atoms with van der Waals surface area (Å²) in [6, 6.07) is 77.8. The Morgan fingerprint density at radius 1 is 0.500 bits per heavy atom. The summed E-state index contributed by atoms with van der Waals surface area (Å²) in [4.78, 5) is 0. The normalized spacial score (nSPS) is 17.5. The fourth-order valence-corrected chi connectivity index (χ4v) is 11.1. The fourth-order valence-electron chi connectivity index (χ4n) is 11.1. The highest BCUT2D eigenvalue weighted by atomic mass is 15.0. The van der Waals surface area contributed by atoms with Gasteiger partial charge in [0.2, 0.25) is 0 Å². The van der Waals surface area contributed by atoms with Gasteiger partial charge in [0.15, 0.2) is 0 Å². The van der Waals surface area contributed by atoms with Gasteiger partial charge >= 0.3 is 0 Å². The maximum atomic E-state index is 2.65. The predicted molar refractivity (Wildman–Crippen MR) is 272 cm³/mol. The van der Waals surface area contributed by atoms with Gasteiger partial charge < -0.3 is 4.57 Å². The molecule has 0 fully saturated rings. The van der Waals surface area contributed by atoms with Crippen molar-refractivity contribution >= 4 is 38.2 Å². The molecule has 0 amide bonds. The zero-order valence-electron chi connectivity index (χ0n) is 36.7. The predicted octanol–water partition coefficient (Wildman–Crippen LogP) is 16.2. The van der Waals surface area contributed by atoms with Crippen LogP contribution in [0.4, 0.5) is 0 Å². The lowest BCUT2D eigenvalue weighted by Crippen LogP contribution is -2.38. The van der Waals surface area contributed by atoms with Crippen molar-refractivity contribution in [3.05, 3.63) is 275 Å². The van der Waals surface area contributed by atoms with Gasteiger partial charge in [0.1, 0.15) is 0 Å². The molecule has 1 aliphatic heterocycles. The Hall–Kier alpha value is -7.48. The Kier molecular flexibility index (Phi) is 10.0. The number of hydrogen-bond donors (Lipinski definition) is 0. The average Bonchev–Trinajstić information content (AvgIpc) is 3.85. The van der Waals surface area contributed by atoms with E-state index in [0.717, 1.165) is 6.42 Å². The molecule has 1 aromatic heterocycles. The molecule has 0 radical (unpaired) electrons. The molecule has 1 spiro atoms. The van der Waals surface area contributed by atoms with Crippen molar-refractivity contribution in [2.75, 3.05) is 0 Å². The van der Waals surface area contributed by atoms with E-state index in [-0.39, 0.29) is 17.3 Å². The summed E-state index contributed by atoms with van der Waals surface area (Å²) in [6.45, 7) is 6.39. The SMILES string of the molecule is CCc1ccc(-c2c(C3=CC4C(C=C3)c3ccccc3C43c4ccccc4-n4c5ccccc5c5cccc3c54)ccc3ccccc23)cc1.Cc1ccccc1.Cc1ccccc1. The second-order valence-electron chi connectivity index (χ2n) is 17.6. The molecule has 2 heterocycles. The molecule has 3 aliphatic rings. The van der Waals surface area contributed by atoms with Crippen LogP contribution in [0.25, 0.3) is 55.0 Å². The largest absolute Gasteiger partial charge is 0.309 e. The van der Waals surface area contributed by atoms with Gasteiger partial charge in [-0.15, -0.1) is 0 Å². The lowest BCUT2D eigenvalue weighted by molar-refractivity contribution is 0.455. The van der Waals surface area contributed by atoms with E-state index in [1.807, 2.05) is 36.4 Å². The van der Waals surface area contributed by atoms with Gasteiger partial charge in [-0.1, -0.05) is 236 Å². The molecule has 2 aliphatic carbocycles. The smallest absolute Gasteiger partial charge is 0.0585 e. The number of fused-ring (bicyclic) bond motifs is 13. The maximum Gasteiger partial charge on any atom is 0.0585 e. The average molecular weight is 822 g/mol. The first kappa shape index (κ1) is 39.4. The van der Waals surface area contributed by atoms with E-state index in [2.05, 4.69) is 219 Å². The van der Waals surface area contributed by atoms with E-state index >= 15 is 0 Å². The van der Waals surface area contributed by atoms with Crippen molar-refractivity contribution in [2.45, 2.75) is 38.5 Å². The van der Waals surface area contributed by atoms with E-state index in [0.29, 0.717) is 0 Å². The van der Waals surface area contributed by atoms with E-state index < -0.39 is 0 Å². The molecular weight excluding hydrogens is 771 g/mol. The topological polar surface area (TPSA) is 4.93 Å². The van der Waals surface area contributed by atoms with Crippen LogP contribution in [0.1, 0.15) is 57.3 Å². The van der Waals surface area contributed by atoms with E-state index in [1.54, 1.807) is 0 Å². The summed E-state index contributed by atoms with van der Waals surface area (Å²) in [5, 5.41) is 5.21. The Balaban J connectivity index is 0.000000279. The van der Waals surface area contributed by atoms with Gasteiger partial charge in [-0.05, 0) is 93.3 Å². The maximum absolute atomic E-state index is 2.65. The van der Waals surface area contributed by atoms with Crippen molar-refractivity contribution in [2.24, 2.45) is 5.92 Å². The number of allylic oxidation sites excluding steroid dienone is 4. The van der Waals surface area contributed by atoms with E-state index in [4.69, 9.17) is 0 Å². The quantitative estimate of drug-likeness (QED) is 0.167. The highest BCUT2D eigenvalue weighted by molar-refractivity contribution is 6.12. The zero-order chi connectivity index (χ0) is 43.2. The first-order valence-corrected chi connectivity index (χ1v) is 22.8. The first-order valence-electron chi connectivity index (χ1n) is 22.8. The third-order valence-corrected chi connectivity index (χ3v) is 13.9. The van der Waals surface area contributed by atoms with Crippen LogP contribution in [0.5, 0.6) is 0 Å². The van der Waals surface area contributed by atoms with Crippen LogP contribution in [0.2, 0.25) is 0 Å². The van der Waals surface area contributed by atoms with Gasteiger partial charge in [0.25, 0.3) is 0 Å². The molecule has 64 heavy (non-hydrogen) atoms. The number of nitrogens with zero attached hydrogens (tertiary/aromatic N) is 1. The van der Waals surface area contributed by atoms with Crippen LogP contribution in [0, 0.1) is 19.8 Å². The summed E-state index contributed by atoms with van der Waals surface area (Å²) < 4.78 is 2.54. The van der Waals surface area contributed by atoms with Gasteiger partial charge in [0.05, 0.1) is 22.1 Å². The van der Waals surface area contributed by atoms with E-state index in [1.165, 1.54) is 99.5 Å². The molecule has 0 saturated heterocycles. The number of aryl methyl sites for hydroxylation is 3. The van der Waals surface area contributed by atoms with Crippen LogP contribution in [0.3, 0.4) is 0 Å². The van der Waals surface area contributed by atoms with E-state index in [9.17, 15) is 0 Å². The van der Waals surface area contributed by atoms with Gasteiger partial charge in [0, 0.05) is 22.6 Å². The Bertz CT molecular complexity index is 3350. The lowest BCUT2D eigenvalue weighted by atomic mass is 9.60. The van der Waals surface area contributed by atoms with Crippen LogP contribution >= 0.6 is 0 Å². The van der Waals surface area contributed by atoms with Crippen LogP contribution in [-0.4, -0.2) is 4.57 Å². The monoisotopic (exact) mass is 821 g/mol. The number of para-hydroxylation sites is 3. The highest BCUT2D eigenvalue weighted by Gasteiger charge is 2.56. The fraction of sp³-hybridized carbons (Fsp3) is 0.111. The molecule has 0 bridgehead atoms. The number of benzene rings is 9. The molecule has 1 nitrogen and oxygen atoms in total. The minimum atomic E-state index is -0.350. The second-order valence-corrected chi connectivity index (χ2v) is 17.6. The molecule has 1 heteroatoms. The molecule has 3 atom stereocenters. The van der Waals surface area contributed by atoms with Crippen LogP contribution in [-0.2, 0) is 11.8 Å². The summed E-state index contributed by atoms with van der Waals surface area (Å²) in [7, 11) is 0. The Labute approximate surface area is 377 Å². The van der Waals surface area contributed by atoms with Gasteiger partial charge in [-0.25, -0.2) is 0 Å². The van der Waals surface area contributed by atoms with Crippen LogP contribution in [0.15, 0.2) is 231 Å².